The average molecular weight is 361 g/mol. The molecule has 0 aliphatic carbocycles. The third kappa shape index (κ3) is 3.31. The summed E-state index contributed by atoms with van der Waals surface area (Å²) in [5.74, 6) is -0.524. The lowest BCUT2D eigenvalue weighted by Gasteiger charge is -2.17. The zero-order valence-corrected chi connectivity index (χ0v) is 14.8. The molecule has 2 amide bonds. The number of carbonyl (C=O) groups is 2. The molecule has 2 N–H and O–H groups in total. The molecule has 2 aromatic carbocycles. The minimum Gasteiger partial charge on any atom is -0.339 e. The summed E-state index contributed by atoms with van der Waals surface area (Å²) in [6, 6.07) is 16.5. The van der Waals surface area contributed by atoms with E-state index >= 15 is 0 Å². The van der Waals surface area contributed by atoms with Gasteiger partial charge in [-0.15, -0.1) is 0 Å². The normalized spacial score (nSPS) is 16.6. The number of aromatic amines is 1. The van der Waals surface area contributed by atoms with E-state index in [0.717, 1.165) is 16.8 Å². The molecular weight excluding hydrogens is 342 g/mol. The number of nitrogens with zero attached hydrogens (tertiary/aromatic N) is 3. The Hall–Kier alpha value is -3.48. The van der Waals surface area contributed by atoms with Gasteiger partial charge in [-0.2, -0.15) is 15.4 Å². The van der Waals surface area contributed by atoms with E-state index in [0.29, 0.717) is 18.7 Å². The Morgan fingerprint density at radius 2 is 1.85 bits per heavy atom. The molecule has 3 aromatic rings. The summed E-state index contributed by atoms with van der Waals surface area (Å²) in [6.07, 6.45) is 0.553. The number of carbonyl (C=O) groups excluding carboxylic acids is 2. The lowest BCUT2D eigenvalue weighted by Crippen LogP contribution is -2.41. The van der Waals surface area contributed by atoms with Crippen LogP contribution in [0.1, 0.15) is 22.5 Å². The maximum absolute atomic E-state index is 12.7. The maximum atomic E-state index is 12.7. The van der Waals surface area contributed by atoms with Crippen molar-refractivity contribution < 1.29 is 9.59 Å². The van der Waals surface area contributed by atoms with Crippen molar-refractivity contribution in [3.8, 4) is 11.3 Å². The highest BCUT2D eigenvalue weighted by atomic mass is 16.2. The van der Waals surface area contributed by atoms with E-state index in [1.807, 2.05) is 61.5 Å². The first kappa shape index (κ1) is 17.0. The van der Waals surface area contributed by atoms with Crippen LogP contribution in [-0.2, 0) is 4.79 Å². The molecule has 1 aliphatic heterocycles. The molecule has 7 nitrogen and oxygen atoms in total. The molecule has 0 spiro atoms. The third-order valence-corrected chi connectivity index (χ3v) is 4.67. The first-order chi connectivity index (χ1) is 13.1. The zero-order valence-electron chi connectivity index (χ0n) is 14.8. The van der Waals surface area contributed by atoms with E-state index in [2.05, 4.69) is 20.7 Å². The van der Waals surface area contributed by atoms with Crippen molar-refractivity contribution in [3.63, 3.8) is 0 Å². The quantitative estimate of drug-likeness (QED) is 0.746. The van der Waals surface area contributed by atoms with E-state index < -0.39 is 11.9 Å². The van der Waals surface area contributed by atoms with Gasteiger partial charge in [0.05, 0.1) is 0 Å². The number of hydrogen-bond donors (Lipinski definition) is 2. The topological polar surface area (TPSA) is 91.0 Å². The number of nitrogens with one attached hydrogen (secondary N) is 2. The molecule has 2 heterocycles. The van der Waals surface area contributed by atoms with Crippen LogP contribution >= 0.6 is 0 Å². The summed E-state index contributed by atoms with van der Waals surface area (Å²) < 4.78 is 0. The molecule has 136 valence electrons. The molecule has 1 fully saturated rings. The zero-order chi connectivity index (χ0) is 18.8. The molecule has 1 aliphatic rings. The summed E-state index contributed by atoms with van der Waals surface area (Å²) >= 11 is 0. The molecule has 4 rings (SSSR count). The summed E-state index contributed by atoms with van der Waals surface area (Å²) in [6.45, 7) is 2.57. The molecule has 1 atom stereocenters. The number of amides is 2. The van der Waals surface area contributed by atoms with Crippen LogP contribution in [-0.4, -0.2) is 39.8 Å². The van der Waals surface area contributed by atoms with Gasteiger partial charge in [0.2, 0.25) is 5.91 Å². The number of aryl methyl sites for hydroxylation is 1. The van der Waals surface area contributed by atoms with Crippen LogP contribution in [0.5, 0.6) is 0 Å². The summed E-state index contributed by atoms with van der Waals surface area (Å²) in [7, 11) is 0. The molecule has 0 bridgehead atoms. The summed E-state index contributed by atoms with van der Waals surface area (Å²) in [5.41, 5.74) is 3.41. The Kier molecular flexibility index (Phi) is 4.42. The standard InChI is InChI=1S/C20H19N5O2/c1-13-7-9-15(10-8-13)25-12-11-16(20(25)27)21-19(26)18-17(22-24-23-18)14-5-3-2-4-6-14/h2-10,16H,11-12H2,1H3,(H,21,26)(H,22,23,24). The van der Waals surface area contributed by atoms with Crippen molar-refractivity contribution >= 4 is 17.5 Å². The highest BCUT2D eigenvalue weighted by molar-refractivity contribution is 6.04. The Morgan fingerprint density at radius 1 is 1.11 bits per heavy atom. The Bertz CT molecular complexity index is 966. The molecule has 0 radical (unpaired) electrons. The molecule has 1 saturated heterocycles. The van der Waals surface area contributed by atoms with Gasteiger partial charge in [-0.1, -0.05) is 48.0 Å². The fourth-order valence-corrected chi connectivity index (χ4v) is 3.21. The minimum absolute atomic E-state index is 0.114. The first-order valence-electron chi connectivity index (χ1n) is 8.78. The van der Waals surface area contributed by atoms with Crippen LogP contribution in [0.25, 0.3) is 11.3 Å². The van der Waals surface area contributed by atoms with Gasteiger partial charge in [0.25, 0.3) is 5.91 Å². The predicted octanol–water partition coefficient (Wildman–Crippen LogP) is 2.32. The van der Waals surface area contributed by atoms with Gasteiger partial charge in [0.1, 0.15) is 11.7 Å². The Balaban J connectivity index is 1.49. The number of hydrogen-bond acceptors (Lipinski definition) is 4. The number of aromatic nitrogens is 3. The average Bonchev–Trinajstić information content (AvgIpc) is 3.31. The van der Waals surface area contributed by atoms with Crippen molar-refractivity contribution in [2.45, 2.75) is 19.4 Å². The van der Waals surface area contributed by atoms with Gasteiger partial charge in [0, 0.05) is 17.8 Å². The minimum atomic E-state index is -0.570. The SMILES string of the molecule is Cc1ccc(N2CCC(NC(=O)c3n[nH]nc3-c3ccccc3)C2=O)cc1. The fraction of sp³-hybridized carbons (Fsp3) is 0.200. The van der Waals surface area contributed by atoms with Gasteiger partial charge >= 0.3 is 0 Å². The van der Waals surface area contributed by atoms with Crippen LogP contribution in [0.15, 0.2) is 54.6 Å². The van der Waals surface area contributed by atoms with E-state index in [1.54, 1.807) is 4.90 Å². The Labute approximate surface area is 156 Å². The van der Waals surface area contributed by atoms with Crippen LogP contribution in [0.3, 0.4) is 0 Å². The monoisotopic (exact) mass is 361 g/mol. The molecular formula is C20H19N5O2. The lowest BCUT2D eigenvalue weighted by atomic mass is 10.1. The lowest BCUT2D eigenvalue weighted by molar-refractivity contribution is -0.118. The number of rotatable bonds is 4. The van der Waals surface area contributed by atoms with Crippen molar-refractivity contribution in [3.05, 3.63) is 65.9 Å². The molecule has 27 heavy (non-hydrogen) atoms. The van der Waals surface area contributed by atoms with Crippen LogP contribution in [0, 0.1) is 6.92 Å². The van der Waals surface area contributed by atoms with Gasteiger partial charge in [-0.05, 0) is 25.5 Å². The van der Waals surface area contributed by atoms with E-state index in [9.17, 15) is 9.59 Å². The number of benzene rings is 2. The fourth-order valence-electron chi connectivity index (χ4n) is 3.21. The Morgan fingerprint density at radius 3 is 2.59 bits per heavy atom. The van der Waals surface area contributed by atoms with Crippen molar-refractivity contribution in [2.24, 2.45) is 0 Å². The van der Waals surface area contributed by atoms with Gasteiger partial charge in [0.15, 0.2) is 5.69 Å². The van der Waals surface area contributed by atoms with Crippen molar-refractivity contribution in [1.29, 1.82) is 0 Å². The van der Waals surface area contributed by atoms with Gasteiger partial charge < -0.3 is 10.2 Å². The summed E-state index contributed by atoms with van der Waals surface area (Å²) in [5, 5.41) is 13.4. The highest BCUT2D eigenvalue weighted by Gasteiger charge is 2.34. The second-order valence-corrected chi connectivity index (χ2v) is 6.53. The highest BCUT2D eigenvalue weighted by Crippen LogP contribution is 2.23. The molecule has 1 aromatic heterocycles. The second-order valence-electron chi connectivity index (χ2n) is 6.53. The summed E-state index contributed by atoms with van der Waals surface area (Å²) in [4.78, 5) is 27.1. The number of H-pyrrole nitrogens is 1. The van der Waals surface area contributed by atoms with Crippen LogP contribution < -0.4 is 10.2 Å². The smallest absolute Gasteiger partial charge is 0.274 e. The van der Waals surface area contributed by atoms with E-state index in [1.165, 1.54) is 0 Å². The largest absolute Gasteiger partial charge is 0.339 e. The third-order valence-electron chi connectivity index (χ3n) is 4.67. The first-order valence-corrected chi connectivity index (χ1v) is 8.78. The van der Waals surface area contributed by atoms with Crippen molar-refractivity contribution in [2.75, 3.05) is 11.4 Å². The molecule has 7 heteroatoms. The van der Waals surface area contributed by atoms with Crippen LogP contribution in [0.4, 0.5) is 5.69 Å². The molecule has 1 unspecified atom stereocenters. The maximum Gasteiger partial charge on any atom is 0.274 e. The number of anilines is 1. The second kappa shape index (κ2) is 7.03. The predicted molar refractivity (Wildman–Crippen MR) is 101 cm³/mol. The van der Waals surface area contributed by atoms with Gasteiger partial charge in [-0.3, -0.25) is 9.59 Å². The van der Waals surface area contributed by atoms with Crippen molar-refractivity contribution in [1.82, 2.24) is 20.7 Å². The van der Waals surface area contributed by atoms with Gasteiger partial charge in [-0.25, -0.2) is 0 Å². The van der Waals surface area contributed by atoms with E-state index in [-0.39, 0.29) is 11.6 Å². The van der Waals surface area contributed by atoms with Crippen LogP contribution in [0.2, 0.25) is 0 Å². The van der Waals surface area contributed by atoms with E-state index in [4.69, 9.17) is 0 Å². The molecule has 0 saturated carbocycles.